The molecular formula is C7H14N2O. The highest BCUT2D eigenvalue weighted by Crippen LogP contribution is 2.34. The molecule has 0 saturated carbocycles. The highest BCUT2D eigenvalue weighted by Gasteiger charge is 2.46. The smallest absolute Gasteiger partial charge is 0.0591 e. The van der Waals surface area contributed by atoms with Crippen molar-refractivity contribution in [3.05, 3.63) is 0 Å². The molecule has 2 fully saturated rings. The van der Waals surface area contributed by atoms with E-state index in [4.69, 9.17) is 5.11 Å². The van der Waals surface area contributed by atoms with E-state index < -0.39 is 0 Å². The summed E-state index contributed by atoms with van der Waals surface area (Å²) >= 11 is 0. The van der Waals surface area contributed by atoms with Crippen LogP contribution in [0.2, 0.25) is 0 Å². The molecule has 1 spiro atoms. The van der Waals surface area contributed by atoms with E-state index in [0.29, 0.717) is 18.1 Å². The fourth-order valence-electron chi connectivity index (χ4n) is 2.01. The number of nitrogens with one attached hydrogen (secondary N) is 2. The van der Waals surface area contributed by atoms with Gasteiger partial charge in [-0.15, -0.1) is 0 Å². The van der Waals surface area contributed by atoms with Crippen molar-refractivity contribution in [2.24, 2.45) is 5.41 Å². The Hall–Kier alpha value is -0.120. The lowest BCUT2D eigenvalue weighted by Crippen LogP contribution is -2.60. The highest BCUT2D eigenvalue weighted by molar-refractivity contribution is 5.04. The SMILES string of the molecule is OCC1NCCC12CNC2. The van der Waals surface area contributed by atoms with Crippen molar-refractivity contribution < 1.29 is 5.11 Å². The van der Waals surface area contributed by atoms with Gasteiger partial charge >= 0.3 is 0 Å². The van der Waals surface area contributed by atoms with Crippen LogP contribution in [0.4, 0.5) is 0 Å². The third-order valence-electron chi connectivity index (χ3n) is 2.89. The van der Waals surface area contributed by atoms with E-state index in [-0.39, 0.29) is 0 Å². The van der Waals surface area contributed by atoms with Crippen LogP contribution in [-0.2, 0) is 0 Å². The van der Waals surface area contributed by atoms with E-state index in [9.17, 15) is 0 Å². The number of aliphatic hydroxyl groups is 1. The van der Waals surface area contributed by atoms with Crippen LogP contribution in [-0.4, -0.2) is 37.4 Å². The van der Waals surface area contributed by atoms with Crippen LogP contribution in [0.15, 0.2) is 0 Å². The van der Waals surface area contributed by atoms with Crippen LogP contribution in [0.1, 0.15) is 6.42 Å². The molecule has 0 radical (unpaired) electrons. The zero-order valence-corrected chi connectivity index (χ0v) is 6.06. The van der Waals surface area contributed by atoms with Crippen LogP contribution in [0, 0.1) is 5.41 Å². The lowest BCUT2D eigenvalue weighted by atomic mass is 9.75. The van der Waals surface area contributed by atoms with Crippen molar-refractivity contribution in [3.8, 4) is 0 Å². The molecule has 2 saturated heterocycles. The summed E-state index contributed by atoms with van der Waals surface area (Å²) in [6.45, 7) is 3.55. The number of aliphatic hydroxyl groups excluding tert-OH is 1. The minimum absolute atomic E-state index is 0.293. The standard InChI is InChI=1S/C7H14N2O/c10-3-6-7(1-2-9-6)4-8-5-7/h6,8-10H,1-5H2. The molecule has 3 heteroatoms. The maximum atomic E-state index is 8.98. The van der Waals surface area contributed by atoms with Gasteiger partial charge in [-0.05, 0) is 13.0 Å². The molecule has 0 aromatic heterocycles. The van der Waals surface area contributed by atoms with E-state index in [1.807, 2.05) is 0 Å². The number of hydrogen-bond donors (Lipinski definition) is 3. The van der Waals surface area contributed by atoms with Gasteiger partial charge in [0.15, 0.2) is 0 Å². The van der Waals surface area contributed by atoms with Gasteiger partial charge in [0.1, 0.15) is 0 Å². The fourth-order valence-corrected chi connectivity index (χ4v) is 2.01. The van der Waals surface area contributed by atoms with Gasteiger partial charge in [0, 0.05) is 24.5 Å². The van der Waals surface area contributed by atoms with Gasteiger partial charge in [0.2, 0.25) is 0 Å². The summed E-state index contributed by atoms with van der Waals surface area (Å²) in [4.78, 5) is 0. The summed E-state index contributed by atoms with van der Waals surface area (Å²) in [5.74, 6) is 0. The van der Waals surface area contributed by atoms with E-state index in [1.165, 1.54) is 6.42 Å². The Labute approximate surface area is 60.8 Å². The predicted octanol–water partition coefficient (Wildman–Crippen LogP) is -1.07. The van der Waals surface area contributed by atoms with Gasteiger partial charge in [-0.3, -0.25) is 0 Å². The minimum Gasteiger partial charge on any atom is -0.395 e. The van der Waals surface area contributed by atoms with Gasteiger partial charge in [0.05, 0.1) is 6.61 Å². The second-order valence-corrected chi connectivity index (χ2v) is 3.41. The molecule has 1 atom stereocenters. The maximum absolute atomic E-state index is 8.98. The Balaban J connectivity index is 2.05. The second-order valence-electron chi connectivity index (χ2n) is 3.41. The molecule has 0 aromatic carbocycles. The molecule has 58 valence electrons. The summed E-state index contributed by atoms with van der Waals surface area (Å²) in [5.41, 5.74) is 0.411. The molecular weight excluding hydrogens is 128 g/mol. The second kappa shape index (κ2) is 2.19. The Morgan fingerprint density at radius 3 is 2.70 bits per heavy atom. The van der Waals surface area contributed by atoms with Crippen molar-refractivity contribution in [1.82, 2.24) is 10.6 Å². The van der Waals surface area contributed by atoms with Gasteiger partial charge in [-0.1, -0.05) is 0 Å². The van der Waals surface area contributed by atoms with Crippen molar-refractivity contribution in [1.29, 1.82) is 0 Å². The average molecular weight is 142 g/mol. The molecule has 2 rings (SSSR count). The Morgan fingerprint density at radius 2 is 2.30 bits per heavy atom. The first-order valence-corrected chi connectivity index (χ1v) is 3.92. The highest BCUT2D eigenvalue weighted by atomic mass is 16.3. The summed E-state index contributed by atoms with van der Waals surface area (Å²) in [6, 6.07) is 0.355. The summed E-state index contributed by atoms with van der Waals surface area (Å²) in [5, 5.41) is 15.5. The van der Waals surface area contributed by atoms with Gasteiger partial charge in [-0.2, -0.15) is 0 Å². The predicted molar refractivity (Wildman–Crippen MR) is 38.8 cm³/mol. The minimum atomic E-state index is 0.293. The zero-order chi connectivity index (χ0) is 7.03. The van der Waals surface area contributed by atoms with Crippen molar-refractivity contribution in [2.45, 2.75) is 12.5 Å². The van der Waals surface area contributed by atoms with Crippen LogP contribution < -0.4 is 10.6 Å². The number of rotatable bonds is 1. The van der Waals surface area contributed by atoms with Crippen LogP contribution in [0.5, 0.6) is 0 Å². The Morgan fingerprint density at radius 1 is 1.50 bits per heavy atom. The van der Waals surface area contributed by atoms with Gasteiger partial charge in [0.25, 0.3) is 0 Å². The molecule has 0 aliphatic carbocycles. The van der Waals surface area contributed by atoms with Crippen LogP contribution in [0.25, 0.3) is 0 Å². The van der Waals surface area contributed by atoms with Crippen molar-refractivity contribution in [2.75, 3.05) is 26.2 Å². The maximum Gasteiger partial charge on any atom is 0.0591 e. The third kappa shape index (κ3) is 0.713. The molecule has 2 heterocycles. The van der Waals surface area contributed by atoms with Crippen molar-refractivity contribution in [3.63, 3.8) is 0 Å². The number of hydrogen-bond acceptors (Lipinski definition) is 3. The summed E-state index contributed by atoms with van der Waals surface area (Å²) in [7, 11) is 0. The van der Waals surface area contributed by atoms with Gasteiger partial charge in [-0.25, -0.2) is 0 Å². The lowest BCUT2D eigenvalue weighted by molar-refractivity contribution is 0.100. The first-order chi connectivity index (χ1) is 4.87. The van der Waals surface area contributed by atoms with E-state index >= 15 is 0 Å². The first-order valence-electron chi connectivity index (χ1n) is 3.92. The van der Waals surface area contributed by atoms with E-state index in [2.05, 4.69) is 10.6 Å². The third-order valence-corrected chi connectivity index (χ3v) is 2.89. The largest absolute Gasteiger partial charge is 0.395 e. The zero-order valence-electron chi connectivity index (χ0n) is 6.06. The molecule has 1 unspecified atom stereocenters. The molecule has 0 bridgehead atoms. The van der Waals surface area contributed by atoms with E-state index in [1.54, 1.807) is 0 Å². The quantitative estimate of drug-likeness (QED) is 0.437. The van der Waals surface area contributed by atoms with Gasteiger partial charge < -0.3 is 15.7 Å². The van der Waals surface area contributed by atoms with Crippen molar-refractivity contribution >= 4 is 0 Å². The Kier molecular flexibility index (Phi) is 1.44. The molecule has 3 N–H and O–H groups in total. The normalized spacial score (nSPS) is 36.3. The van der Waals surface area contributed by atoms with Crippen LogP contribution >= 0.6 is 0 Å². The molecule has 2 aliphatic rings. The fraction of sp³-hybridized carbons (Fsp3) is 1.00. The average Bonchev–Trinajstić information content (AvgIpc) is 2.27. The molecule has 0 amide bonds. The molecule has 10 heavy (non-hydrogen) atoms. The molecule has 2 aliphatic heterocycles. The molecule has 0 aromatic rings. The molecule has 3 nitrogen and oxygen atoms in total. The summed E-state index contributed by atoms with van der Waals surface area (Å²) < 4.78 is 0. The summed E-state index contributed by atoms with van der Waals surface area (Å²) in [6.07, 6.45) is 1.23. The Bertz CT molecular complexity index is 134. The topological polar surface area (TPSA) is 44.3 Å². The monoisotopic (exact) mass is 142 g/mol. The first kappa shape index (κ1) is 6.58. The van der Waals surface area contributed by atoms with E-state index in [0.717, 1.165) is 19.6 Å². The van der Waals surface area contributed by atoms with Crippen LogP contribution in [0.3, 0.4) is 0 Å². The lowest BCUT2D eigenvalue weighted by Gasteiger charge is -2.43.